The van der Waals surface area contributed by atoms with E-state index in [9.17, 15) is 0 Å². The molecule has 0 aromatic heterocycles. The van der Waals surface area contributed by atoms with Crippen molar-refractivity contribution < 1.29 is 9.47 Å². The summed E-state index contributed by atoms with van der Waals surface area (Å²) in [5, 5.41) is 0. The molecular formula is C28H26O2S. The Balaban J connectivity index is 1.34. The number of aryl methyl sites for hydroxylation is 2. The second kappa shape index (κ2) is 10.2. The molecule has 4 rings (SSSR count). The summed E-state index contributed by atoms with van der Waals surface area (Å²) in [7, 11) is 0. The van der Waals surface area contributed by atoms with E-state index in [0.29, 0.717) is 0 Å². The summed E-state index contributed by atoms with van der Waals surface area (Å²) in [5.41, 5.74) is 2.62. The van der Waals surface area contributed by atoms with Crippen LogP contribution in [0, 0.1) is 0 Å². The molecule has 3 heteroatoms. The molecule has 0 N–H and O–H groups in total. The lowest BCUT2D eigenvalue weighted by Crippen LogP contribution is -1.86. The predicted octanol–water partition coefficient (Wildman–Crippen LogP) is 8.55. The summed E-state index contributed by atoms with van der Waals surface area (Å²) >= 11 is 1.72. The molecule has 0 spiro atoms. The molecular weight excluding hydrogens is 400 g/mol. The molecule has 0 saturated carbocycles. The second-order valence-corrected chi connectivity index (χ2v) is 8.39. The first kappa shape index (κ1) is 21.1. The van der Waals surface area contributed by atoms with Crippen LogP contribution in [0.4, 0.5) is 0 Å². The molecule has 0 amide bonds. The quantitative estimate of drug-likeness (QED) is 0.281. The van der Waals surface area contributed by atoms with Gasteiger partial charge in [0.15, 0.2) is 0 Å². The molecule has 2 nitrogen and oxygen atoms in total. The zero-order chi connectivity index (χ0) is 21.5. The first-order chi connectivity index (χ1) is 15.2. The molecule has 0 bridgehead atoms. The molecule has 4 aromatic carbocycles. The predicted molar refractivity (Wildman–Crippen MR) is 129 cm³/mol. The Morgan fingerprint density at radius 1 is 0.452 bits per heavy atom. The zero-order valence-corrected chi connectivity index (χ0v) is 18.7. The molecule has 0 radical (unpaired) electrons. The first-order valence-corrected chi connectivity index (χ1v) is 11.4. The Labute approximate surface area is 188 Å². The Morgan fingerprint density at radius 2 is 0.742 bits per heavy atom. The fourth-order valence-corrected chi connectivity index (χ4v) is 3.96. The van der Waals surface area contributed by atoms with E-state index >= 15 is 0 Å². The van der Waals surface area contributed by atoms with Crippen molar-refractivity contribution in [3.8, 4) is 23.0 Å². The van der Waals surface area contributed by atoms with Crippen LogP contribution < -0.4 is 9.47 Å². The van der Waals surface area contributed by atoms with E-state index in [1.54, 1.807) is 11.8 Å². The summed E-state index contributed by atoms with van der Waals surface area (Å²) in [4.78, 5) is 2.33. The Bertz CT molecular complexity index is 993. The monoisotopic (exact) mass is 426 g/mol. The van der Waals surface area contributed by atoms with E-state index in [-0.39, 0.29) is 0 Å². The average Bonchev–Trinajstić information content (AvgIpc) is 2.82. The van der Waals surface area contributed by atoms with Crippen molar-refractivity contribution in [1.29, 1.82) is 0 Å². The number of hydrogen-bond donors (Lipinski definition) is 0. The van der Waals surface area contributed by atoms with Crippen LogP contribution in [0.25, 0.3) is 0 Å². The zero-order valence-electron chi connectivity index (χ0n) is 17.9. The fraction of sp³-hybridized carbons (Fsp3) is 0.143. The highest BCUT2D eigenvalue weighted by atomic mass is 32.2. The highest BCUT2D eigenvalue weighted by molar-refractivity contribution is 7.99. The molecule has 0 atom stereocenters. The van der Waals surface area contributed by atoms with Gasteiger partial charge in [-0.2, -0.15) is 0 Å². The standard InChI is InChI=1S/C28H26O2S/c1-3-21-5-9-23(10-6-21)29-25-13-17-27(18-14-25)31-28-19-15-26(16-20-28)30-24-11-7-22(4-2)8-12-24/h5-20H,3-4H2,1-2H3. The molecule has 0 fully saturated rings. The van der Waals surface area contributed by atoms with E-state index in [1.165, 1.54) is 11.1 Å². The van der Waals surface area contributed by atoms with Crippen LogP contribution in [0.15, 0.2) is 107 Å². The largest absolute Gasteiger partial charge is 0.457 e. The number of benzene rings is 4. The van der Waals surface area contributed by atoms with Gasteiger partial charge in [-0.25, -0.2) is 0 Å². The van der Waals surface area contributed by atoms with Gasteiger partial charge in [0, 0.05) is 9.79 Å². The Hall–Kier alpha value is -3.17. The minimum absolute atomic E-state index is 0.839. The van der Waals surface area contributed by atoms with Gasteiger partial charge in [-0.05, 0) is 96.8 Å². The topological polar surface area (TPSA) is 18.5 Å². The minimum Gasteiger partial charge on any atom is -0.457 e. The number of ether oxygens (including phenoxy) is 2. The van der Waals surface area contributed by atoms with E-state index in [2.05, 4.69) is 62.4 Å². The molecule has 31 heavy (non-hydrogen) atoms. The molecule has 0 saturated heterocycles. The summed E-state index contributed by atoms with van der Waals surface area (Å²) in [5.74, 6) is 3.40. The highest BCUT2D eigenvalue weighted by Crippen LogP contribution is 2.32. The lowest BCUT2D eigenvalue weighted by Gasteiger charge is -2.09. The van der Waals surface area contributed by atoms with Gasteiger partial charge in [-0.1, -0.05) is 49.9 Å². The number of rotatable bonds is 8. The maximum absolute atomic E-state index is 5.94. The van der Waals surface area contributed by atoms with Crippen LogP contribution in [0.2, 0.25) is 0 Å². The molecule has 0 unspecified atom stereocenters. The second-order valence-electron chi connectivity index (χ2n) is 7.24. The van der Waals surface area contributed by atoms with Crippen LogP contribution in [-0.4, -0.2) is 0 Å². The lowest BCUT2D eigenvalue weighted by atomic mass is 10.2. The molecule has 0 heterocycles. The van der Waals surface area contributed by atoms with Crippen molar-refractivity contribution in [2.24, 2.45) is 0 Å². The van der Waals surface area contributed by atoms with Gasteiger partial charge in [0.25, 0.3) is 0 Å². The Kier molecular flexibility index (Phi) is 6.96. The van der Waals surface area contributed by atoms with Gasteiger partial charge >= 0.3 is 0 Å². The molecule has 0 aliphatic rings. The molecule has 0 aliphatic heterocycles. The van der Waals surface area contributed by atoms with Crippen molar-refractivity contribution in [3.05, 3.63) is 108 Å². The van der Waals surface area contributed by atoms with Crippen molar-refractivity contribution >= 4 is 11.8 Å². The number of hydrogen-bond acceptors (Lipinski definition) is 3. The van der Waals surface area contributed by atoms with Crippen LogP contribution >= 0.6 is 11.8 Å². The normalized spacial score (nSPS) is 10.6. The van der Waals surface area contributed by atoms with Crippen LogP contribution in [0.1, 0.15) is 25.0 Å². The average molecular weight is 427 g/mol. The third kappa shape index (κ3) is 5.93. The van der Waals surface area contributed by atoms with Crippen molar-refractivity contribution in [1.82, 2.24) is 0 Å². The summed E-state index contributed by atoms with van der Waals surface area (Å²) < 4.78 is 11.9. The maximum atomic E-state index is 5.94. The van der Waals surface area contributed by atoms with Crippen LogP contribution in [0.5, 0.6) is 23.0 Å². The van der Waals surface area contributed by atoms with E-state index in [0.717, 1.165) is 45.6 Å². The van der Waals surface area contributed by atoms with Crippen LogP contribution in [0.3, 0.4) is 0 Å². The highest BCUT2D eigenvalue weighted by Gasteiger charge is 2.03. The minimum atomic E-state index is 0.839. The fourth-order valence-electron chi connectivity index (χ4n) is 3.15. The van der Waals surface area contributed by atoms with Crippen molar-refractivity contribution in [2.45, 2.75) is 36.5 Å². The summed E-state index contributed by atoms with van der Waals surface area (Å²) in [6, 6.07) is 32.8. The van der Waals surface area contributed by atoms with Crippen molar-refractivity contribution in [3.63, 3.8) is 0 Å². The molecule has 156 valence electrons. The SMILES string of the molecule is CCc1ccc(Oc2ccc(Sc3ccc(Oc4ccc(CC)cc4)cc3)cc2)cc1. The smallest absolute Gasteiger partial charge is 0.127 e. The van der Waals surface area contributed by atoms with Gasteiger partial charge in [-0.15, -0.1) is 0 Å². The molecule has 4 aromatic rings. The van der Waals surface area contributed by atoms with E-state index < -0.39 is 0 Å². The van der Waals surface area contributed by atoms with Gasteiger partial charge in [0.1, 0.15) is 23.0 Å². The van der Waals surface area contributed by atoms with Gasteiger partial charge in [-0.3, -0.25) is 0 Å². The third-order valence-electron chi connectivity index (χ3n) is 5.02. The van der Waals surface area contributed by atoms with Crippen LogP contribution in [-0.2, 0) is 12.8 Å². The van der Waals surface area contributed by atoms with Gasteiger partial charge < -0.3 is 9.47 Å². The van der Waals surface area contributed by atoms with E-state index in [4.69, 9.17) is 9.47 Å². The third-order valence-corrected chi connectivity index (χ3v) is 6.03. The molecule has 0 aliphatic carbocycles. The summed E-state index contributed by atoms with van der Waals surface area (Å²) in [6.45, 7) is 4.30. The van der Waals surface area contributed by atoms with Crippen molar-refractivity contribution in [2.75, 3.05) is 0 Å². The lowest BCUT2D eigenvalue weighted by molar-refractivity contribution is 0.482. The van der Waals surface area contributed by atoms with E-state index in [1.807, 2.05) is 48.5 Å². The Morgan fingerprint density at radius 3 is 1.03 bits per heavy atom. The summed E-state index contributed by atoms with van der Waals surface area (Å²) in [6.07, 6.45) is 2.07. The van der Waals surface area contributed by atoms with Gasteiger partial charge in [0.05, 0.1) is 0 Å². The first-order valence-electron chi connectivity index (χ1n) is 10.6. The van der Waals surface area contributed by atoms with Gasteiger partial charge in [0.2, 0.25) is 0 Å². The maximum Gasteiger partial charge on any atom is 0.127 e.